The Kier molecular flexibility index (Phi) is 3.85. The van der Waals surface area contributed by atoms with Crippen LogP contribution in [0, 0.1) is 17.7 Å². The fourth-order valence-electron chi connectivity index (χ4n) is 3.70. The first-order chi connectivity index (χ1) is 10.5. The highest BCUT2D eigenvalue weighted by molar-refractivity contribution is 5.94. The fraction of sp³-hybridized carbons (Fsp3) is 0.562. The highest BCUT2D eigenvalue weighted by atomic mass is 19.1. The molecule has 0 spiro atoms. The molecule has 3 rings (SSSR count). The van der Waals surface area contributed by atoms with Gasteiger partial charge in [0.2, 0.25) is 5.91 Å². The second-order valence-corrected chi connectivity index (χ2v) is 6.43. The molecule has 0 bridgehead atoms. The van der Waals surface area contributed by atoms with Crippen molar-refractivity contribution in [3.8, 4) is 0 Å². The van der Waals surface area contributed by atoms with Gasteiger partial charge in [-0.15, -0.1) is 0 Å². The number of carbonyl (C=O) groups is 2. The number of piperidine rings is 1. The van der Waals surface area contributed by atoms with Crippen LogP contribution in [0.4, 0.5) is 4.39 Å². The van der Waals surface area contributed by atoms with Crippen LogP contribution in [0.1, 0.15) is 29.6 Å². The highest BCUT2D eigenvalue weighted by Crippen LogP contribution is 2.40. The van der Waals surface area contributed by atoms with E-state index < -0.39 is 5.82 Å². The zero-order chi connectivity index (χ0) is 15.9. The van der Waals surface area contributed by atoms with Crippen LogP contribution in [0.3, 0.4) is 0 Å². The van der Waals surface area contributed by atoms with E-state index in [2.05, 4.69) is 4.98 Å². The second kappa shape index (κ2) is 5.66. The number of pyridine rings is 1. The molecule has 6 heteroatoms. The number of nitrogens with zero attached hydrogens (tertiary/aromatic N) is 3. The Bertz CT molecular complexity index is 607. The molecule has 5 nitrogen and oxygen atoms in total. The van der Waals surface area contributed by atoms with E-state index in [1.807, 2.05) is 7.05 Å². The summed E-state index contributed by atoms with van der Waals surface area (Å²) in [6.45, 7) is 0.767. The standard InChI is InChI=1S/C16H20FN3O2/c1-19-9-12-5-14(4-10(12)6-15(19)21)20(2)16(22)11-3-13(17)8-18-7-11/h3,7-8,10,12,14H,4-6,9H2,1-2H3/t10-,12+,14-/m1/s1. The van der Waals surface area contributed by atoms with Gasteiger partial charge in [0.15, 0.2) is 0 Å². The second-order valence-electron chi connectivity index (χ2n) is 6.43. The van der Waals surface area contributed by atoms with Crippen LogP contribution < -0.4 is 0 Å². The summed E-state index contributed by atoms with van der Waals surface area (Å²) in [7, 11) is 3.58. The molecule has 1 saturated carbocycles. The molecule has 118 valence electrons. The topological polar surface area (TPSA) is 53.5 Å². The lowest BCUT2D eigenvalue weighted by molar-refractivity contribution is -0.134. The van der Waals surface area contributed by atoms with E-state index in [0.29, 0.717) is 18.3 Å². The Morgan fingerprint density at radius 3 is 2.82 bits per heavy atom. The Morgan fingerprint density at radius 1 is 1.36 bits per heavy atom. The molecule has 1 saturated heterocycles. The molecule has 2 fully saturated rings. The average molecular weight is 305 g/mol. The Hall–Kier alpha value is -1.98. The maximum atomic E-state index is 13.2. The van der Waals surface area contributed by atoms with Crippen molar-refractivity contribution in [1.82, 2.24) is 14.8 Å². The molecule has 3 atom stereocenters. The molecule has 2 amide bonds. The highest BCUT2D eigenvalue weighted by Gasteiger charge is 2.42. The maximum absolute atomic E-state index is 13.2. The first kappa shape index (κ1) is 14.9. The number of likely N-dealkylation sites (tertiary alicyclic amines) is 1. The summed E-state index contributed by atoms with van der Waals surface area (Å²) in [6.07, 6.45) is 4.79. The van der Waals surface area contributed by atoms with E-state index in [4.69, 9.17) is 0 Å². The normalized spacial score (nSPS) is 27.7. The van der Waals surface area contributed by atoms with Gasteiger partial charge in [-0.25, -0.2) is 4.39 Å². The molecule has 1 aromatic rings. The number of amides is 2. The number of hydrogen-bond acceptors (Lipinski definition) is 3. The zero-order valence-corrected chi connectivity index (χ0v) is 12.8. The molecule has 1 aliphatic heterocycles. The van der Waals surface area contributed by atoms with Gasteiger partial charge < -0.3 is 9.80 Å². The van der Waals surface area contributed by atoms with Crippen molar-refractivity contribution in [3.63, 3.8) is 0 Å². The summed E-state index contributed by atoms with van der Waals surface area (Å²) < 4.78 is 13.2. The smallest absolute Gasteiger partial charge is 0.255 e. The lowest BCUT2D eigenvalue weighted by atomic mass is 9.88. The molecule has 0 aromatic carbocycles. The third kappa shape index (κ3) is 2.69. The molecule has 1 aliphatic carbocycles. The van der Waals surface area contributed by atoms with E-state index in [-0.39, 0.29) is 23.4 Å². The predicted octanol–water partition coefficient (Wildman–Crippen LogP) is 1.55. The van der Waals surface area contributed by atoms with Gasteiger partial charge in [-0.05, 0) is 30.7 Å². The third-order valence-corrected chi connectivity index (χ3v) is 5.01. The number of carbonyl (C=O) groups excluding carboxylic acids is 2. The van der Waals surface area contributed by atoms with Gasteiger partial charge >= 0.3 is 0 Å². The molecule has 0 N–H and O–H groups in total. The van der Waals surface area contributed by atoms with E-state index in [0.717, 1.165) is 25.6 Å². The van der Waals surface area contributed by atoms with E-state index in [9.17, 15) is 14.0 Å². The minimum Gasteiger partial charge on any atom is -0.345 e. The summed E-state index contributed by atoms with van der Waals surface area (Å²) in [4.78, 5) is 31.5. The van der Waals surface area contributed by atoms with Crippen LogP contribution in [-0.2, 0) is 4.79 Å². The van der Waals surface area contributed by atoms with Crippen LogP contribution in [0.15, 0.2) is 18.5 Å². The Morgan fingerprint density at radius 2 is 2.09 bits per heavy atom. The lowest BCUT2D eigenvalue weighted by Crippen LogP contribution is -2.39. The van der Waals surface area contributed by atoms with Gasteiger partial charge in [-0.3, -0.25) is 14.6 Å². The summed E-state index contributed by atoms with van der Waals surface area (Å²) in [5, 5.41) is 0. The minimum absolute atomic E-state index is 0.102. The first-order valence-electron chi connectivity index (χ1n) is 7.57. The van der Waals surface area contributed by atoms with Crippen LogP contribution >= 0.6 is 0 Å². The van der Waals surface area contributed by atoms with Crippen molar-refractivity contribution < 1.29 is 14.0 Å². The van der Waals surface area contributed by atoms with E-state index in [1.54, 1.807) is 16.8 Å². The van der Waals surface area contributed by atoms with Gasteiger partial charge in [-0.2, -0.15) is 0 Å². The summed E-state index contributed by atoms with van der Waals surface area (Å²) >= 11 is 0. The van der Waals surface area contributed by atoms with Crippen LogP contribution in [0.25, 0.3) is 0 Å². The number of fused-ring (bicyclic) bond motifs is 1. The summed E-state index contributed by atoms with van der Waals surface area (Å²) in [6, 6.07) is 1.32. The van der Waals surface area contributed by atoms with Crippen molar-refractivity contribution in [1.29, 1.82) is 0 Å². The van der Waals surface area contributed by atoms with Crippen LogP contribution in [-0.4, -0.2) is 53.3 Å². The number of aromatic nitrogens is 1. The molecular formula is C16H20FN3O2. The van der Waals surface area contributed by atoms with Gasteiger partial charge in [0.05, 0.1) is 11.8 Å². The van der Waals surface area contributed by atoms with Gasteiger partial charge in [-0.1, -0.05) is 0 Å². The number of hydrogen-bond donors (Lipinski definition) is 0. The van der Waals surface area contributed by atoms with Crippen molar-refractivity contribution in [2.75, 3.05) is 20.6 Å². The Labute approximate surface area is 129 Å². The largest absolute Gasteiger partial charge is 0.345 e. The molecule has 2 heterocycles. The first-order valence-corrected chi connectivity index (χ1v) is 7.57. The Balaban J connectivity index is 1.70. The molecule has 2 aliphatic rings. The van der Waals surface area contributed by atoms with E-state index in [1.165, 1.54) is 12.3 Å². The minimum atomic E-state index is -0.508. The molecule has 0 radical (unpaired) electrons. The molecule has 22 heavy (non-hydrogen) atoms. The predicted molar refractivity (Wildman–Crippen MR) is 78.5 cm³/mol. The molecular weight excluding hydrogens is 285 g/mol. The van der Waals surface area contributed by atoms with Gasteiger partial charge in [0.25, 0.3) is 5.91 Å². The van der Waals surface area contributed by atoms with Gasteiger partial charge in [0.1, 0.15) is 5.82 Å². The van der Waals surface area contributed by atoms with Crippen LogP contribution in [0.2, 0.25) is 0 Å². The monoisotopic (exact) mass is 305 g/mol. The number of rotatable bonds is 2. The lowest BCUT2D eigenvalue weighted by Gasteiger charge is -2.31. The maximum Gasteiger partial charge on any atom is 0.255 e. The zero-order valence-electron chi connectivity index (χ0n) is 12.8. The summed E-state index contributed by atoms with van der Waals surface area (Å²) in [5.74, 6) is 0.273. The third-order valence-electron chi connectivity index (χ3n) is 5.01. The molecule has 0 unspecified atom stereocenters. The average Bonchev–Trinajstić information content (AvgIpc) is 2.89. The SMILES string of the molecule is CN1C[C@@H]2C[C@H](N(C)C(=O)c3cncc(F)c3)C[C@@H]2CC1=O. The van der Waals surface area contributed by atoms with Crippen molar-refractivity contribution in [2.24, 2.45) is 11.8 Å². The fourth-order valence-corrected chi connectivity index (χ4v) is 3.70. The quantitative estimate of drug-likeness (QED) is 0.833. The summed E-state index contributed by atoms with van der Waals surface area (Å²) in [5.41, 5.74) is 0.269. The van der Waals surface area contributed by atoms with Crippen molar-refractivity contribution in [2.45, 2.75) is 25.3 Å². The van der Waals surface area contributed by atoms with Crippen molar-refractivity contribution >= 4 is 11.8 Å². The van der Waals surface area contributed by atoms with E-state index >= 15 is 0 Å². The van der Waals surface area contributed by atoms with Crippen molar-refractivity contribution in [3.05, 3.63) is 29.8 Å². The molecule has 1 aromatic heterocycles. The number of halogens is 1. The van der Waals surface area contributed by atoms with Gasteiger partial charge in [0, 0.05) is 39.3 Å². The van der Waals surface area contributed by atoms with Crippen LogP contribution in [0.5, 0.6) is 0 Å².